The Morgan fingerprint density at radius 2 is 2.47 bits per heavy atom. The summed E-state index contributed by atoms with van der Waals surface area (Å²) in [7, 11) is 0. The Hall–Kier alpha value is -1.13. The molecule has 1 aliphatic heterocycles. The summed E-state index contributed by atoms with van der Waals surface area (Å²) in [5.41, 5.74) is 6.05. The highest BCUT2D eigenvalue weighted by atomic mass is 16.5. The molecule has 2 heterocycles. The minimum atomic E-state index is 0.00636. The second kappa shape index (κ2) is 4.59. The minimum Gasteiger partial charge on any atom is -0.381 e. The molecule has 2 N–H and O–H groups in total. The van der Waals surface area contributed by atoms with Crippen molar-refractivity contribution in [3.63, 3.8) is 0 Å². The lowest BCUT2D eigenvalue weighted by molar-refractivity contribution is 0.178. The van der Waals surface area contributed by atoms with Gasteiger partial charge in [-0.3, -0.25) is 4.79 Å². The van der Waals surface area contributed by atoms with Crippen LogP contribution in [-0.4, -0.2) is 23.8 Å². The predicted octanol–water partition coefficient (Wildman–Crippen LogP) is 0.212. The first-order valence-electron chi connectivity index (χ1n) is 5.26. The van der Waals surface area contributed by atoms with Crippen molar-refractivity contribution < 1.29 is 4.74 Å². The van der Waals surface area contributed by atoms with Crippen LogP contribution in [0.1, 0.15) is 6.42 Å². The van der Waals surface area contributed by atoms with Crippen LogP contribution >= 0.6 is 0 Å². The molecule has 0 amide bonds. The number of hydrogen-bond donors (Lipinski definition) is 1. The van der Waals surface area contributed by atoms with E-state index >= 15 is 0 Å². The van der Waals surface area contributed by atoms with Crippen LogP contribution in [0.15, 0.2) is 29.2 Å². The maximum absolute atomic E-state index is 11.4. The number of rotatable bonds is 3. The van der Waals surface area contributed by atoms with E-state index in [1.165, 1.54) is 0 Å². The topological polar surface area (TPSA) is 57.2 Å². The third-order valence-electron chi connectivity index (χ3n) is 2.88. The Morgan fingerprint density at radius 3 is 3.13 bits per heavy atom. The summed E-state index contributed by atoms with van der Waals surface area (Å²) in [5.74, 6) is 0.386. The van der Waals surface area contributed by atoms with E-state index in [0.717, 1.165) is 19.6 Å². The fourth-order valence-corrected chi connectivity index (χ4v) is 1.88. The van der Waals surface area contributed by atoms with Gasteiger partial charge >= 0.3 is 0 Å². The normalized spacial score (nSPS) is 22.9. The second-order valence-corrected chi connectivity index (χ2v) is 3.98. The zero-order chi connectivity index (χ0) is 10.7. The molecule has 0 spiro atoms. The van der Waals surface area contributed by atoms with Gasteiger partial charge in [-0.25, -0.2) is 0 Å². The lowest BCUT2D eigenvalue weighted by atomic mass is 10.00. The third kappa shape index (κ3) is 2.46. The van der Waals surface area contributed by atoms with Gasteiger partial charge in [-0.1, -0.05) is 6.07 Å². The van der Waals surface area contributed by atoms with Crippen LogP contribution in [0.25, 0.3) is 0 Å². The SMILES string of the molecule is NC(Cn1ccccc1=O)C1CCOC1. The van der Waals surface area contributed by atoms with Gasteiger partial charge in [-0.05, 0) is 12.5 Å². The Bertz CT molecular complexity index is 369. The maximum atomic E-state index is 11.4. The van der Waals surface area contributed by atoms with E-state index in [4.69, 9.17) is 10.5 Å². The molecule has 4 heteroatoms. The van der Waals surface area contributed by atoms with Crippen LogP contribution in [0.2, 0.25) is 0 Å². The first-order valence-corrected chi connectivity index (χ1v) is 5.26. The van der Waals surface area contributed by atoms with E-state index in [1.807, 2.05) is 6.07 Å². The van der Waals surface area contributed by atoms with Gasteiger partial charge in [0.05, 0.1) is 6.61 Å². The molecule has 0 bridgehead atoms. The standard InChI is InChI=1S/C11H16N2O2/c12-10(9-4-6-15-8-9)7-13-5-2-1-3-11(13)14/h1-3,5,9-10H,4,6-8,12H2. The summed E-state index contributed by atoms with van der Waals surface area (Å²) in [6.45, 7) is 2.10. The van der Waals surface area contributed by atoms with Crippen LogP contribution < -0.4 is 11.3 Å². The molecule has 15 heavy (non-hydrogen) atoms. The largest absolute Gasteiger partial charge is 0.381 e. The molecular formula is C11H16N2O2. The molecular weight excluding hydrogens is 192 g/mol. The molecule has 1 aliphatic rings. The van der Waals surface area contributed by atoms with Crippen molar-refractivity contribution >= 4 is 0 Å². The summed E-state index contributed by atoms with van der Waals surface area (Å²) in [4.78, 5) is 11.4. The van der Waals surface area contributed by atoms with E-state index in [2.05, 4.69) is 0 Å². The Kier molecular flexibility index (Phi) is 3.18. The highest BCUT2D eigenvalue weighted by molar-refractivity contribution is 4.94. The smallest absolute Gasteiger partial charge is 0.250 e. The van der Waals surface area contributed by atoms with Gasteiger partial charge in [0.15, 0.2) is 0 Å². The van der Waals surface area contributed by atoms with Crippen molar-refractivity contribution in [3.05, 3.63) is 34.7 Å². The van der Waals surface area contributed by atoms with Crippen LogP contribution in [0.4, 0.5) is 0 Å². The summed E-state index contributed by atoms with van der Waals surface area (Å²) < 4.78 is 6.93. The summed E-state index contributed by atoms with van der Waals surface area (Å²) in [6.07, 6.45) is 2.78. The Morgan fingerprint density at radius 1 is 1.60 bits per heavy atom. The fraction of sp³-hybridized carbons (Fsp3) is 0.545. The monoisotopic (exact) mass is 208 g/mol. The molecule has 2 rings (SSSR count). The molecule has 1 saturated heterocycles. The average molecular weight is 208 g/mol. The third-order valence-corrected chi connectivity index (χ3v) is 2.88. The summed E-state index contributed by atoms with van der Waals surface area (Å²) in [6, 6.07) is 5.15. The second-order valence-electron chi connectivity index (χ2n) is 3.98. The molecule has 4 nitrogen and oxygen atoms in total. The average Bonchev–Trinajstić information content (AvgIpc) is 2.74. The first kappa shape index (κ1) is 10.4. The predicted molar refractivity (Wildman–Crippen MR) is 57.6 cm³/mol. The Labute approximate surface area is 88.7 Å². The van der Waals surface area contributed by atoms with Crippen LogP contribution in [0.3, 0.4) is 0 Å². The minimum absolute atomic E-state index is 0.00636. The van der Waals surface area contributed by atoms with Gasteiger partial charge < -0.3 is 15.0 Å². The van der Waals surface area contributed by atoms with E-state index in [9.17, 15) is 4.79 Å². The summed E-state index contributed by atoms with van der Waals surface area (Å²) >= 11 is 0. The number of nitrogens with zero attached hydrogens (tertiary/aromatic N) is 1. The number of aromatic nitrogens is 1. The molecule has 0 radical (unpaired) electrons. The molecule has 1 aromatic rings. The molecule has 1 aromatic heterocycles. The van der Waals surface area contributed by atoms with Crippen molar-refractivity contribution in [1.82, 2.24) is 4.57 Å². The highest BCUT2D eigenvalue weighted by Gasteiger charge is 2.22. The van der Waals surface area contributed by atoms with E-state index < -0.39 is 0 Å². The molecule has 0 aromatic carbocycles. The number of nitrogens with two attached hydrogens (primary N) is 1. The van der Waals surface area contributed by atoms with E-state index in [1.54, 1.807) is 22.9 Å². The van der Waals surface area contributed by atoms with Crippen LogP contribution in [-0.2, 0) is 11.3 Å². The van der Waals surface area contributed by atoms with E-state index in [-0.39, 0.29) is 11.6 Å². The van der Waals surface area contributed by atoms with Crippen LogP contribution in [0, 0.1) is 5.92 Å². The van der Waals surface area contributed by atoms with Gasteiger partial charge in [0.25, 0.3) is 5.56 Å². The number of hydrogen-bond acceptors (Lipinski definition) is 3. The molecule has 1 fully saturated rings. The molecule has 0 saturated carbocycles. The van der Waals surface area contributed by atoms with E-state index in [0.29, 0.717) is 12.5 Å². The summed E-state index contributed by atoms with van der Waals surface area (Å²) in [5, 5.41) is 0. The maximum Gasteiger partial charge on any atom is 0.250 e. The van der Waals surface area contributed by atoms with Crippen molar-refractivity contribution in [1.29, 1.82) is 0 Å². The van der Waals surface area contributed by atoms with Crippen LogP contribution in [0.5, 0.6) is 0 Å². The van der Waals surface area contributed by atoms with Crippen molar-refractivity contribution in [2.45, 2.75) is 19.0 Å². The number of pyridine rings is 1. The first-order chi connectivity index (χ1) is 7.27. The molecule has 2 atom stereocenters. The quantitative estimate of drug-likeness (QED) is 0.772. The van der Waals surface area contributed by atoms with Gasteiger partial charge in [0.1, 0.15) is 0 Å². The Balaban J connectivity index is 2.02. The van der Waals surface area contributed by atoms with Gasteiger partial charge in [-0.15, -0.1) is 0 Å². The zero-order valence-corrected chi connectivity index (χ0v) is 8.63. The highest BCUT2D eigenvalue weighted by Crippen LogP contribution is 2.15. The van der Waals surface area contributed by atoms with Crippen molar-refractivity contribution in [3.8, 4) is 0 Å². The van der Waals surface area contributed by atoms with Crippen molar-refractivity contribution in [2.75, 3.05) is 13.2 Å². The molecule has 2 unspecified atom stereocenters. The molecule has 82 valence electrons. The molecule has 0 aliphatic carbocycles. The van der Waals surface area contributed by atoms with Gasteiger partial charge in [-0.2, -0.15) is 0 Å². The fourth-order valence-electron chi connectivity index (χ4n) is 1.88. The van der Waals surface area contributed by atoms with Gasteiger partial charge in [0.2, 0.25) is 0 Å². The lowest BCUT2D eigenvalue weighted by Gasteiger charge is -2.18. The van der Waals surface area contributed by atoms with Crippen molar-refractivity contribution in [2.24, 2.45) is 11.7 Å². The number of ether oxygens (including phenoxy) is 1. The lowest BCUT2D eigenvalue weighted by Crippen LogP contribution is -2.37. The zero-order valence-electron chi connectivity index (χ0n) is 8.63. The van der Waals surface area contributed by atoms with Gasteiger partial charge in [0, 0.05) is 37.4 Å².